The van der Waals surface area contributed by atoms with Crippen molar-refractivity contribution in [2.75, 3.05) is 46.0 Å². The highest BCUT2D eigenvalue weighted by Crippen LogP contribution is 2.32. The van der Waals surface area contributed by atoms with Crippen LogP contribution in [0.2, 0.25) is 0 Å². The van der Waals surface area contributed by atoms with E-state index in [1.54, 1.807) is 0 Å². The summed E-state index contributed by atoms with van der Waals surface area (Å²) in [6.45, 7) is 7.80. The molecule has 1 N–H and O–H groups in total. The van der Waals surface area contributed by atoms with Crippen LogP contribution in [0, 0.1) is 11.8 Å². The monoisotopic (exact) mass is 492 g/mol. The summed E-state index contributed by atoms with van der Waals surface area (Å²) in [6.07, 6.45) is 12.4. The fourth-order valence-electron chi connectivity index (χ4n) is 5.53. The van der Waals surface area contributed by atoms with E-state index in [-0.39, 0.29) is 12.2 Å². The van der Waals surface area contributed by atoms with Gasteiger partial charge in [0, 0.05) is 44.5 Å². The molecule has 3 heterocycles. The first-order valence-electron chi connectivity index (χ1n) is 13.7. The number of hydrogen-bond donors (Lipinski definition) is 1. The molecule has 2 unspecified atom stereocenters. The predicted octanol–water partition coefficient (Wildman–Crippen LogP) is 4.07. The molecule has 36 heavy (non-hydrogen) atoms. The summed E-state index contributed by atoms with van der Waals surface area (Å²) < 4.78 is 11.5. The van der Waals surface area contributed by atoms with E-state index in [4.69, 9.17) is 9.47 Å². The molecule has 7 nitrogen and oxygen atoms in total. The van der Waals surface area contributed by atoms with Crippen LogP contribution >= 0.6 is 0 Å². The van der Waals surface area contributed by atoms with E-state index in [0.717, 1.165) is 77.1 Å². The number of nitrogens with one attached hydrogen (secondary N) is 1. The highest BCUT2D eigenvalue weighted by atomic mass is 16.5. The maximum atomic E-state index is 12.8. The van der Waals surface area contributed by atoms with Crippen LogP contribution in [0.1, 0.15) is 51.0 Å². The van der Waals surface area contributed by atoms with Crippen molar-refractivity contribution in [2.24, 2.45) is 16.8 Å². The number of morpholine rings is 1. The molecule has 0 bridgehead atoms. The van der Waals surface area contributed by atoms with Crippen LogP contribution in [0.5, 0.6) is 5.75 Å². The van der Waals surface area contributed by atoms with Crippen LogP contribution < -0.4 is 10.1 Å². The van der Waals surface area contributed by atoms with Crippen LogP contribution in [0.4, 0.5) is 0 Å². The molecule has 0 aromatic heterocycles. The molecule has 5 rings (SSSR count). The average Bonchev–Trinajstić information content (AvgIpc) is 2.97. The summed E-state index contributed by atoms with van der Waals surface area (Å²) in [6, 6.07) is 8.51. The summed E-state index contributed by atoms with van der Waals surface area (Å²) in [4.78, 5) is 21.8. The van der Waals surface area contributed by atoms with Gasteiger partial charge in [0.25, 0.3) is 0 Å². The first kappa shape index (κ1) is 25.0. The minimum Gasteiger partial charge on any atom is -0.493 e. The number of benzene rings is 1. The molecule has 1 aromatic rings. The Morgan fingerprint density at radius 1 is 1.11 bits per heavy atom. The Balaban J connectivity index is 1.04. The van der Waals surface area contributed by atoms with Crippen LogP contribution in [0.15, 0.2) is 47.1 Å². The van der Waals surface area contributed by atoms with E-state index in [1.807, 2.05) is 11.1 Å². The number of hydrogen-bond acceptors (Lipinski definition) is 6. The molecule has 1 aliphatic carbocycles. The zero-order chi connectivity index (χ0) is 24.7. The van der Waals surface area contributed by atoms with Crippen LogP contribution in [0.25, 0.3) is 5.57 Å². The van der Waals surface area contributed by atoms with Crippen molar-refractivity contribution in [2.45, 2.75) is 51.7 Å². The second-order valence-corrected chi connectivity index (χ2v) is 10.3. The third-order valence-electron chi connectivity index (χ3n) is 8.00. The molecular weight excluding hydrogens is 452 g/mol. The Labute approximate surface area is 215 Å². The molecule has 194 valence electrons. The lowest BCUT2D eigenvalue weighted by atomic mass is 9.85. The lowest BCUT2D eigenvalue weighted by Crippen LogP contribution is -2.48. The van der Waals surface area contributed by atoms with Gasteiger partial charge in [-0.2, -0.15) is 0 Å². The minimum atomic E-state index is 0.0802. The van der Waals surface area contributed by atoms with Gasteiger partial charge in [-0.15, -0.1) is 0 Å². The Hall–Kier alpha value is -2.64. The smallest absolute Gasteiger partial charge is 0.226 e. The third kappa shape index (κ3) is 6.19. The van der Waals surface area contributed by atoms with Crippen molar-refractivity contribution in [3.63, 3.8) is 0 Å². The second kappa shape index (κ2) is 12.1. The van der Waals surface area contributed by atoms with Gasteiger partial charge in [0.05, 0.1) is 19.8 Å². The average molecular weight is 493 g/mol. The first-order valence-corrected chi connectivity index (χ1v) is 13.7. The van der Waals surface area contributed by atoms with Crippen molar-refractivity contribution >= 4 is 17.7 Å². The van der Waals surface area contributed by atoms with Gasteiger partial charge < -0.3 is 19.7 Å². The molecule has 7 heteroatoms. The number of aliphatic imine (C=N–C) groups is 1. The largest absolute Gasteiger partial charge is 0.493 e. The first-order chi connectivity index (χ1) is 17.7. The van der Waals surface area contributed by atoms with Gasteiger partial charge in [0.2, 0.25) is 5.91 Å². The van der Waals surface area contributed by atoms with E-state index in [2.05, 4.69) is 58.7 Å². The number of carbonyl (C=O) groups is 1. The zero-order valence-electron chi connectivity index (χ0n) is 21.5. The van der Waals surface area contributed by atoms with Crippen LogP contribution in [0.3, 0.4) is 0 Å². The second-order valence-electron chi connectivity index (χ2n) is 10.3. The van der Waals surface area contributed by atoms with Crippen LogP contribution in [-0.2, 0) is 9.53 Å². The summed E-state index contributed by atoms with van der Waals surface area (Å²) >= 11 is 0. The normalized spacial score (nSPS) is 25.6. The number of piperidine rings is 1. The number of allylic oxidation sites excluding steroid dienone is 3. The van der Waals surface area contributed by atoms with E-state index in [1.165, 1.54) is 16.7 Å². The lowest BCUT2D eigenvalue weighted by Gasteiger charge is -2.36. The van der Waals surface area contributed by atoms with Gasteiger partial charge in [0.1, 0.15) is 5.75 Å². The van der Waals surface area contributed by atoms with Crippen molar-refractivity contribution in [1.82, 2.24) is 15.1 Å². The van der Waals surface area contributed by atoms with Crippen molar-refractivity contribution < 1.29 is 14.3 Å². The van der Waals surface area contributed by atoms with Gasteiger partial charge in [-0.25, -0.2) is 0 Å². The fraction of sp³-hybridized carbons (Fsp3) is 0.586. The maximum Gasteiger partial charge on any atom is 0.226 e. The molecule has 2 saturated heterocycles. The van der Waals surface area contributed by atoms with Gasteiger partial charge in [-0.05, 0) is 73.3 Å². The number of likely N-dealkylation sites (tertiary alicyclic amines) is 1. The Kier molecular flexibility index (Phi) is 8.39. The number of amides is 1. The molecule has 3 aliphatic heterocycles. The fourth-order valence-corrected chi connectivity index (χ4v) is 5.53. The van der Waals surface area contributed by atoms with Gasteiger partial charge in [0.15, 0.2) is 6.29 Å². The maximum absolute atomic E-state index is 12.8. The standard InChI is InChI=1S/C29H40N4O3/c1-2-22-19-30-29(31-20-22)33-13-11-23(12-14-33)21-36-27-9-7-25(8-10-27)24-3-5-26(6-4-24)28(34)32-15-17-35-18-16-32/h3,7-10,19-20,23,26,29-30H,2,4-6,11-18,21H2,1H3. The molecule has 2 atom stereocenters. The third-order valence-corrected chi connectivity index (χ3v) is 8.00. The minimum absolute atomic E-state index is 0.0802. The van der Waals surface area contributed by atoms with Crippen molar-refractivity contribution in [3.8, 4) is 5.75 Å². The highest BCUT2D eigenvalue weighted by molar-refractivity contribution is 5.81. The number of carbonyl (C=O) groups excluding carboxylic acids is 1. The summed E-state index contributed by atoms with van der Waals surface area (Å²) in [5.41, 5.74) is 3.84. The topological polar surface area (TPSA) is 66.4 Å². The Bertz CT molecular complexity index is 973. The van der Waals surface area contributed by atoms with E-state index < -0.39 is 0 Å². The predicted molar refractivity (Wildman–Crippen MR) is 143 cm³/mol. The quantitative estimate of drug-likeness (QED) is 0.622. The van der Waals surface area contributed by atoms with Gasteiger partial charge in [-0.1, -0.05) is 25.1 Å². The van der Waals surface area contributed by atoms with Gasteiger partial charge >= 0.3 is 0 Å². The molecule has 1 amide bonds. The lowest BCUT2D eigenvalue weighted by molar-refractivity contribution is -0.139. The molecule has 0 radical (unpaired) electrons. The Morgan fingerprint density at radius 3 is 2.53 bits per heavy atom. The summed E-state index contributed by atoms with van der Waals surface area (Å²) in [5, 5.41) is 3.42. The molecule has 2 fully saturated rings. The summed E-state index contributed by atoms with van der Waals surface area (Å²) in [7, 11) is 0. The number of nitrogens with zero attached hydrogens (tertiary/aromatic N) is 3. The molecule has 0 saturated carbocycles. The zero-order valence-corrected chi connectivity index (χ0v) is 21.5. The highest BCUT2D eigenvalue weighted by Gasteiger charge is 2.28. The number of ether oxygens (including phenoxy) is 2. The summed E-state index contributed by atoms with van der Waals surface area (Å²) in [5.74, 6) is 1.94. The van der Waals surface area contributed by atoms with Crippen molar-refractivity contribution in [3.05, 3.63) is 47.7 Å². The molecule has 4 aliphatic rings. The Morgan fingerprint density at radius 2 is 1.89 bits per heavy atom. The number of rotatable bonds is 7. The molecule has 1 aromatic carbocycles. The van der Waals surface area contributed by atoms with Gasteiger partial charge in [-0.3, -0.25) is 14.7 Å². The van der Waals surface area contributed by atoms with E-state index in [9.17, 15) is 4.79 Å². The van der Waals surface area contributed by atoms with E-state index in [0.29, 0.717) is 25.0 Å². The molecule has 0 spiro atoms. The van der Waals surface area contributed by atoms with Crippen LogP contribution in [-0.4, -0.2) is 74.2 Å². The SMILES string of the molecule is CCC1=CNC(N2CCC(COc3ccc(C4=CCC(C(=O)N5CCOCC5)CC4)cc3)CC2)N=C1. The van der Waals surface area contributed by atoms with E-state index >= 15 is 0 Å². The molecular formula is C29H40N4O3. The van der Waals surface area contributed by atoms with Crippen molar-refractivity contribution in [1.29, 1.82) is 0 Å².